The molecule has 0 spiro atoms. The Morgan fingerprint density at radius 3 is 2.37 bits per heavy atom. The maximum Gasteiger partial charge on any atom is 0.269 e. The third-order valence-corrected chi connectivity index (χ3v) is 7.75. The number of nitrogens with one attached hydrogen (secondary N) is 1. The molecule has 10 heteroatoms. The van der Waals surface area contributed by atoms with E-state index in [-0.39, 0.29) is 48.2 Å². The number of fused-ring (bicyclic) bond motifs is 1. The fourth-order valence-electron chi connectivity index (χ4n) is 4.11. The number of benzene rings is 2. The van der Waals surface area contributed by atoms with Gasteiger partial charge in [0.15, 0.2) is 0 Å². The Morgan fingerprint density at radius 1 is 1.09 bits per heavy atom. The van der Waals surface area contributed by atoms with Gasteiger partial charge in [0.25, 0.3) is 15.9 Å². The third-order valence-electron chi connectivity index (χ3n) is 5.91. The van der Waals surface area contributed by atoms with E-state index in [0.29, 0.717) is 18.7 Å². The maximum atomic E-state index is 13.3. The van der Waals surface area contributed by atoms with Crippen molar-refractivity contribution in [3.05, 3.63) is 59.7 Å². The highest BCUT2D eigenvalue weighted by atomic mass is 32.2. The first-order valence-electron chi connectivity index (χ1n) is 11.6. The molecule has 0 saturated carbocycles. The Morgan fingerprint density at radius 2 is 1.77 bits per heavy atom. The molecule has 0 bridgehead atoms. The van der Waals surface area contributed by atoms with Gasteiger partial charge in [-0.15, -0.1) is 0 Å². The van der Waals surface area contributed by atoms with Gasteiger partial charge in [0.1, 0.15) is 16.7 Å². The summed E-state index contributed by atoms with van der Waals surface area (Å²) in [6.45, 7) is 4.18. The Hall–Kier alpha value is -3.40. The average Bonchev–Trinajstić information content (AvgIpc) is 3.05. The number of rotatable bonds is 11. The number of carbonyl (C=O) groups excluding carboxylic acids is 3. The molecule has 1 atom stereocenters. The monoisotopic (exact) mass is 501 g/mol. The van der Waals surface area contributed by atoms with Gasteiger partial charge >= 0.3 is 0 Å². The number of carbonyl (C=O) groups is 3. The summed E-state index contributed by atoms with van der Waals surface area (Å²) in [4.78, 5) is 40.1. The number of methoxy groups -OCH3 is 1. The van der Waals surface area contributed by atoms with Crippen molar-refractivity contribution in [2.24, 2.45) is 0 Å². The van der Waals surface area contributed by atoms with Crippen LogP contribution in [0.25, 0.3) is 0 Å². The van der Waals surface area contributed by atoms with E-state index in [1.165, 1.54) is 17.0 Å². The molecular formula is C25H31N3O6S. The van der Waals surface area contributed by atoms with E-state index < -0.39 is 22.0 Å². The lowest BCUT2D eigenvalue weighted by Gasteiger charge is -2.31. The van der Waals surface area contributed by atoms with Crippen LogP contribution in [-0.4, -0.2) is 61.6 Å². The van der Waals surface area contributed by atoms with Crippen molar-refractivity contribution in [2.75, 3.05) is 20.2 Å². The predicted molar refractivity (Wildman–Crippen MR) is 130 cm³/mol. The van der Waals surface area contributed by atoms with Crippen molar-refractivity contribution in [3.8, 4) is 5.75 Å². The van der Waals surface area contributed by atoms with Crippen LogP contribution in [0.2, 0.25) is 0 Å². The molecule has 35 heavy (non-hydrogen) atoms. The highest BCUT2D eigenvalue weighted by molar-refractivity contribution is 7.90. The molecule has 1 N–H and O–H groups in total. The van der Waals surface area contributed by atoms with Gasteiger partial charge in [-0.3, -0.25) is 14.4 Å². The van der Waals surface area contributed by atoms with Gasteiger partial charge < -0.3 is 15.0 Å². The minimum atomic E-state index is -3.93. The number of ether oxygens (including phenoxy) is 1. The molecule has 3 rings (SSSR count). The van der Waals surface area contributed by atoms with Gasteiger partial charge in [0.2, 0.25) is 11.8 Å². The number of sulfonamides is 1. The second-order valence-corrected chi connectivity index (χ2v) is 10.0. The molecule has 2 aromatic carbocycles. The fourth-order valence-corrected chi connectivity index (χ4v) is 5.72. The lowest BCUT2D eigenvalue weighted by atomic mass is 10.1. The SMILES string of the molecule is CCNC(=O)C(CC)N(Cc1ccc(OC)cc1)C(=O)CCCN1C(=O)c2ccccc2S1(=O)=O. The topological polar surface area (TPSA) is 113 Å². The van der Waals surface area contributed by atoms with E-state index in [9.17, 15) is 22.8 Å². The molecule has 1 aliphatic rings. The smallest absolute Gasteiger partial charge is 0.269 e. The number of nitrogens with zero attached hydrogens (tertiary/aromatic N) is 2. The highest BCUT2D eigenvalue weighted by Gasteiger charge is 2.40. The Bertz CT molecular complexity index is 1180. The van der Waals surface area contributed by atoms with Crippen LogP contribution in [0.4, 0.5) is 0 Å². The largest absolute Gasteiger partial charge is 0.497 e. The summed E-state index contributed by atoms with van der Waals surface area (Å²) in [5.41, 5.74) is 0.969. The minimum absolute atomic E-state index is 0.0122. The summed E-state index contributed by atoms with van der Waals surface area (Å²) in [6, 6.07) is 12.6. The fraction of sp³-hybridized carbons (Fsp3) is 0.400. The van der Waals surface area contributed by atoms with E-state index in [0.717, 1.165) is 9.87 Å². The van der Waals surface area contributed by atoms with Gasteiger partial charge in [0.05, 0.1) is 12.7 Å². The normalized spacial score (nSPS) is 14.8. The minimum Gasteiger partial charge on any atom is -0.497 e. The summed E-state index contributed by atoms with van der Waals surface area (Å²) < 4.78 is 31.5. The van der Waals surface area contributed by atoms with E-state index in [2.05, 4.69) is 5.32 Å². The Balaban J connectivity index is 1.73. The number of likely N-dealkylation sites (N-methyl/N-ethyl adjacent to an activating group) is 1. The van der Waals surface area contributed by atoms with E-state index in [1.807, 2.05) is 26.0 Å². The zero-order chi connectivity index (χ0) is 25.6. The van der Waals surface area contributed by atoms with Crippen molar-refractivity contribution in [1.82, 2.24) is 14.5 Å². The lowest BCUT2D eigenvalue weighted by Crippen LogP contribution is -2.49. The van der Waals surface area contributed by atoms with Crippen LogP contribution in [0.5, 0.6) is 5.75 Å². The van der Waals surface area contributed by atoms with Gasteiger partial charge in [-0.05, 0) is 49.6 Å². The Kier molecular flexibility index (Phi) is 8.50. The van der Waals surface area contributed by atoms with E-state index >= 15 is 0 Å². The zero-order valence-electron chi connectivity index (χ0n) is 20.2. The first-order chi connectivity index (χ1) is 16.7. The molecule has 0 aromatic heterocycles. The van der Waals surface area contributed by atoms with Crippen molar-refractivity contribution in [2.45, 2.75) is 50.6 Å². The highest BCUT2D eigenvalue weighted by Crippen LogP contribution is 2.30. The van der Waals surface area contributed by atoms with Crippen molar-refractivity contribution in [1.29, 1.82) is 0 Å². The van der Waals surface area contributed by atoms with E-state index in [1.54, 1.807) is 31.4 Å². The van der Waals surface area contributed by atoms with Crippen LogP contribution in [0, 0.1) is 0 Å². The van der Waals surface area contributed by atoms with Crippen molar-refractivity contribution in [3.63, 3.8) is 0 Å². The summed E-state index contributed by atoms with van der Waals surface area (Å²) in [6.07, 6.45) is 0.548. The molecule has 2 aromatic rings. The molecular weight excluding hydrogens is 470 g/mol. The first kappa shape index (κ1) is 26.2. The summed E-state index contributed by atoms with van der Waals surface area (Å²) >= 11 is 0. The first-order valence-corrected chi connectivity index (χ1v) is 13.0. The number of hydrogen-bond donors (Lipinski definition) is 1. The molecule has 0 radical (unpaired) electrons. The molecule has 0 aliphatic carbocycles. The van der Waals surface area contributed by atoms with Crippen molar-refractivity contribution >= 4 is 27.7 Å². The van der Waals surface area contributed by atoms with Gasteiger partial charge in [-0.2, -0.15) is 0 Å². The zero-order valence-corrected chi connectivity index (χ0v) is 21.0. The number of hydrogen-bond acceptors (Lipinski definition) is 6. The standard InChI is InChI=1S/C25H31N3O6S/c1-4-21(24(30)26-5-2)27(17-18-12-14-19(34-3)15-13-18)23(29)11-8-16-28-25(31)20-9-6-7-10-22(20)35(28,32)33/h6-7,9-10,12-15,21H,4-5,8,11,16-17H2,1-3H3,(H,26,30). The molecule has 1 aliphatic heterocycles. The van der Waals surface area contributed by atoms with Gasteiger partial charge in [-0.1, -0.05) is 31.2 Å². The van der Waals surface area contributed by atoms with Crippen LogP contribution in [0.3, 0.4) is 0 Å². The summed E-state index contributed by atoms with van der Waals surface area (Å²) in [5.74, 6) is -0.443. The van der Waals surface area contributed by atoms with Crippen LogP contribution < -0.4 is 10.1 Å². The number of amides is 3. The maximum absolute atomic E-state index is 13.3. The van der Waals surface area contributed by atoms with E-state index in [4.69, 9.17) is 4.74 Å². The van der Waals surface area contributed by atoms with Crippen LogP contribution in [-0.2, 0) is 26.2 Å². The molecule has 0 fully saturated rings. The quantitative estimate of drug-likeness (QED) is 0.506. The third kappa shape index (κ3) is 5.64. The second kappa shape index (κ2) is 11.4. The summed E-state index contributed by atoms with van der Waals surface area (Å²) in [7, 11) is -2.36. The molecule has 1 unspecified atom stereocenters. The van der Waals surface area contributed by atoms with Crippen LogP contribution in [0.1, 0.15) is 49.0 Å². The molecule has 188 valence electrons. The molecule has 0 saturated heterocycles. The van der Waals surface area contributed by atoms with Crippen LogP contribution >= 0.6 is 0 Å². The molecule has 3 amide bonds. The predicted octanol–water partition coefficient (Wildman–Crippen LogP) is 2.56. The molecule has 1 heterocycles. The summed E-state index contributed by atoms with van der Waals surface area (Å²) in [5, 5.41) is 2.78. The Labute approximate surface area is 206 Å². The second-order valence-electron chi connectivity index (χ2n) is 8.17. The van der Waals surface area contributed by atoms with Crippen molar-refractivity contribution < 1.29 is 27.5 Å². The van der Waals surface area contributed by atoms with Crippen LogP contribution in [0.15, 0.2) is 53.4 Å². The lowest BCUT2D eigenvalue weighted by molar-refractivity contribution is -0.141. The van der Waals surface area contributed by atoms with Gasteiger partial charge in [-0.25, -0.2) is 12.7 Å². The average molecular weight is 502 g/mol. The van der Waals surface area contributed by atoms with Gasteiger partial charge in [0, 0.05) is 26.1 Å². The molecule has 9 nitrogen and oxygen atoms in total.